The molecule has 3 nitrogen and oxygen atoms in total. The van der Waals surface area contributed by atoms with Crippen LogP contribution in [-0.2, 0) is 4.79 Å². The number of Topliss-reactive ketones (excluding diaryl/α,β-unsaturated/α-hetero) is 1. The second-order valence-corrected chi connectivity index (χ2v) is 3.47. The highest BCUT2D eigenvalue weighted by atomic mass is 16.4. The number of aliphatic hydroxyl groups excluding tert-OH is 1. The van der Waals surface area contributed by atoms with Crippen LogP contribution in [0.15, 0.2) is 22.8 Å². The summed E-state index contributed by atoms with van der Waals surface area (Å²) in [6.07, 6.45) is 2.27. The smallest absolute Gasteiger partial charge is 0.135 e. The summed E-state index contributed by atoms with van der Waals surface area (Å²) in [7, 11) is 0. The van der Waals surface area contributed by atoms with E-state index in [9.17, 15) is 9.90 Å². The van der Waals surface area contributed by atoms with Gasteiger partial charge >= 0.3 is 0 Å². The Bertz CT molecular complexity index is 277. The molecule has 0 aliphatic heterocycles. The molecular weight excluding hydrogens is 180 g/mol. The topological polar surface area (TPSA) is 50.4 Å². The lowest BCUT2D eigenvalue weighted by Crippen LogP contribution is -2.19. The summed E-state index contributed by atoms with van der Waals surface area (Å²) in [6.45, 7) is 3.50. The van der Waals surface area contributed by atoms with Crippen molar-refractivity contribution in [3.05, 3.63) is 24.2 Å². The van der Waals surface area contributed by atoms with Crippen molar-refractivity contribution in [3.63, 3.8) is 0 Å². The number of rotatable bonds is 5. The van der Waals surface area contributed by atoms with Gasteiger partial charge in [-0.3, -0.25) is 4.79 Å². The van der Waals surface area contributed by atoms with Crippen molar-refractivity contribution in [2.45, 2.75) is 32.8 Å². The van der Waals surface area contributed by atoms with E-state index >= 15 is 0 Å². The van der Waals surface area contributed by atoms with E-state index in [1.54, 1.807) is 12.1 Å². The molecule has 78 valence electrons. The Hall–Kier alpha value is -1.09. The van der Waals surface area contributed by atoms with E-state index in [2.05, 4.69) is 0 Å². The molecule has 3 heteroatoms. The third kappa shape index (κ3) is 2.45. The van der Waals surface area contributed by atoms with Gasteiger partial charge in [-0.25, -0.2) is 0 Å². The van der Waals surface area contributed by atoms with Crippen molar-refractivity contribution >= 4 is 5.78 Å². The highest BCUT2D eigenvalue weighted by Gasteiger charge is 2.25. The van der Waals surface area contributed by atoms with E-state index in [1.165, 1.54) is 13.2 Å². The summed E-state index contributed by atoms with van der Waals surface area (Å²) in [5.74, 6) is 0.139. The first kappa shape index (κ1) is 11.0. The van der Waals surface area contributed by atoms with E-state index in [1.807, 2.05) is 6.92 Å². The van der Waals surface area contributed by atoms with E-state index < -0.39 is 6.10 Å². The number of hydrogen-bond acceptors (Lipinski definition) is 3. The summed E-state index contributed by atoms with van der Waals surface area (Å²) in [5, 5.41) is 9.86. The lowest BCUT2D eigenvalue weighted by Gasteiger charge is -2.17. The highest BCUT2D eigenvalue weighted by Crippen LogP contribution is 2.26. The predicted molar refractivity (Wildman–Crippen MR) is 52.7 cm³/mol. The second-order valence-electron chi connectivity index (χ2n) is 3.47. The third-order valence-corrected chi connectivity index (χ3v) is 2.34. The minimum Gasteiger partial charge on any atom is -0.467 e. The fourth-order valence-electron chi connectivity index (χ4n) is 1.55. The molecule has 0 saturated carbocycles. The molecule has 0 aliphatic rings. The quantitative estimate of drug-likeness (QED) is 0.786. The molecule has 0 aliphatic carbocycles. The zero-order valence-electron chi connectivity index (χ0n) is 8.56. The maximum Gasteiger partial charge on any atom is 0.135 e. The molecule has 0 fully saturated rings. The molecule has 0 bridgehead atoms. The average Bonchev–Trinajstić information content (AvgIpc) is 2.65. The van der Waals surface area contributed by atoms with Gasteiger partial charge in [-0.15, -0.1) is 0 Å². The van der Waals surface area contributed by atoms with Gasteiger partial charge in [0.25, 0.3) is 0 Å². The van der Waals surface area contributed by atoms with Crippen molar-refractivity contribution in [2.75, 3.05) is 0 Å². The van der Waals surface area contributed by atoms with E-state index in [4.69, 9.17) is 4.42 Å². The SMILES string of the molecule is CCC[C@H](C(C)=O)[C@H](O)c1ccco1. The minimum atomic E-state index is -0.803. The van der Waals surface area contributed by atoms with Crippen molar-refractivity contribution in [3.8, 4) is 0 Å². The first-order chi connectivity index (χ1) is 6.66. The van der Waals surface area contributed by atoms with Gasteiger partial charge in [0, 0.05) is 0 Å². The molecule has 0 unspecified atom stereocenters. The Morgan fingerprint density at radius 3 is 2.79 bits per heavy atom. The van der Waals surface area contributed by atoms with Crippen LogP contribution in [0.1, 0.15) is 38.6 Å². The van der Waals surface area contributed by atoms with Crippen LogP contribution in [0.25, 0.3) is 0 Å². The second kappa shape index (κ2) is 4.96. The van der Waals surface area contributed by atoms with Crippen LogP contribution in [0.2, 0.25) is 0 Å². The Morgan fingerprint density at radius 1 is 1.64 bits per heavy atom. The number of carbonyl (C=O) groups is 1. The minimum absolute atomic E-state index is 0.00995. The van der Waals surface area contributed by atoms with E-state index in [0.29, 0.717) is 12.2 Å². The molecule has 1 heterocycles. The van der Waals surface area contributed by atoms with Gasteiger partial charge in [-0.2, -0.15) is 0 Å². The van der Waals surface area contributed by atoms with Crippen LogP contribution in [0, 0.1) is 5.92 Å². The Labute approximate surface area is 83.7 Å². The molecule has 0 radical (unpaired) electrons. The first-order valence-corrected chi connectivity index (χ1v) is 4.88. The fourth-order valence-corrected chi connectivity index (χ4v) is 1.55. The number of hydrogen-bond donors (Lipinski definition) is 1. The zero-order valence-corrected chi connectivity index (χ0v) is 8.56. The summed E-state index contributed by atoms with van der Waals surface area (Å²) >= 11 is 0. The van der Waals surface area contributed by atoms with Crippen LogP contribution < -0.4 is 0 Å². The zero-order chi connectivity index (χ0) is 10.6. The number of furan rings is 1. The largest absolute Gasteiger partial charge is 0.467 e. The van der Waals surface area contributed by atoms with Gasteiger partial charge in [-0.05, 0) is 25.5 Å². The van der Waals surface area contributed by atoms with Crippen LogP contribution in [-0.4, -0.2) is 10.9 Å². The lowest BCUT2D eigenvalue weighted by molar-refractivity contribution is -0.125. The normalized spacial score (nSPS) is 15.1. The predicted octanol–water partition coefficient (Wildman–Crippen LogP) is 2.32. The van der Waals surface area contributed by atoms with Crippen LogP contribution in [0.5, 0.6) is 0 Å². The van der Waals surface area contributed by atoms with Gasteiger partial charge < -0.3 is 9.52 Å². The molecule has 1 rings (SSSR count). The molecule has 14 heavy (non-hydrogen) atoms. The monoisotopic (exact) mass is 196 g/mol. The summed E-state index contributed by atoms with van der Waals surface area (Å²) in [6, 6.07) is 3.40. The molecule has 1 aromatic rings. The molecular formula is C11H16O3. The maximum atomic E-state index is 11.3. The van der Waals surface area contributed by atoms with Gasteiger partial charge in [0.05, 0.1) is 12.2 Å². The van der Waals surface area contributed by atoms with Gasteiger partial charge in [0.15, 0.2) is 0 Å². The Morgan fingerprint density at radius 2 is 2.36 bits per heavy atom. The van der Waals surface area contributed by atoms with Crippen molar-refractivity contribution < 1.29 is 14.3 Å². The summed E-state index contributed by atoms with van der Waals surface area (Å²) in [5.41, 5.74) is 0. The van der Waals surface area contributed by atoms with Crippen molar-refractivity contribution in [2.24, 2.45) is 5.92 Å². The summed E-state index contributed by atoms with van der Waals surface area (Å²) in [4.78, 5) is 11.3. The molecule has 1 N–H and O–H groups in total. The molecule has 0 spiro atoms. The molecule has 1 aromatic heterocycles. The third-order valence-electron chi connectivity index (χ3n) is 2.34. The van der Waals surface area contributed by atoms with Crippen LogP contribution in [0.4, 0.5) is 0 Å². The van der Waals surface area contributed by atoms with Gasteiger partial charge in [0.2, 0.25) is 0 Å². The highest BCUT2D eigenvalue weighted by molar-refractivity contribution is 5.78. The molecule has 0 aromatic carbocycles. The Kier molecular flexibility index (Phi) is 3.89. The molecule has 0 amide bonds. The van der Waals surface area contributed by atoms with Crippen molar-refractivity contribution in [1.29, 1.82) is 0 Å². The Balaban J connectivity index is 2.73. The van der Waals surface area contributed by atoms with Crippen LogP contribution >= 0.6 is 0 Å². The lowest BCUT2D eigenvalue weighted by atomic mass is 9.92. The van der Waals surface area contributed by atoms with Gasteiger partial charge in [0.1, 0.15) is 17.6 Å². The standard InChI is InChI=1S/C11H16O3/c1-3-5-9(8(2)12)11(13)10-6-4-7-14-10/h4,6-7,9,11,13H,3,5H2,1-2H3/t9-,11+/m1/s1. The van der Waals surface area contributed by atoms with E-state index in [0.717, 1.165) is 6.42 Å². The maximum absolute atomic E-state index is 11.3. The number of carbonyl (C=O) groups excluding carboxylic acids is 1. The molecule has 2 atom stereocenters. The fraction of sp³-hybridized carbons (Fsp3) is 0.545. The number of aliphatic hydroxyl groups is 1. The van der Waals surface area contributed by atoms with Crippen LogP contribution in [0.3, 0.4) is 0 Å². The summed E-state index contributed by atoms with van der Waals surface area (Å²) < 4.78 is 5.07. The van der Waals surface area contributed by atoms with Gasteiger partial charge in [-0.1, -0.05) is 13.3 Å². The van der Waals surface area contributed by atoms with E-state index in [-0.39, 0.29) is 11.7 Å². The van der Waals surface area contributed by atoms with Crippen molar-refractivity contribution in [1.82, 2.24) is 0 Å². The first-order valence-electron chi connectivity index (χ1n) is 4.88. The molecule has 0 saturated heterocycles. The average molecular weight is 196 g/mol. The number of ketones is 1.